The number of ether oxygens (including phenoxy) is 1. The normalized spacial score (nSPS) is 39.3. The van der Waals surface area contributed by atoms with E-state index < -0.39 is 5.97 Å². The minimum absolute atomic E-state index is 0.0236. The maximum Gasteiger partial charge on any atom is 0.306 e. The second-order valence-corrected chi connectivity index (χ2v) is 13.5. The van der Waals surface area contributed by atoms with Crippen LogP contribution in [0.3, 0.4) is 0 Å². The van der Waals surface area contributed by atoms with E-state index in [0.29, 0.717) is 5.41 Å². The van der Waals surface area contributed by atoms with E-state index in [1.165, 1.54) is 56.9 Å². The maximum atomic E-state index is 12.1. The monoisotopic (exact) mass is 486 g/mol. The van der Waals surface area contributed by atoms with Gasteiger partial charge in [0.1, 0.15) is 6.10 Å². The molecule has 0 saturated heterocycles. The summed E-state index contributed by atoms with van der Waals surface area (Å²) < 4.78 is 5.70. The van der Waals surface area contributed by atoms with Crippen LogP contribution < -0.4 is 0 Å². The van der Waals surface area contributed by atoms with Crippen molar-refractivity contribution < 1.29 is 19.4 Å². The molecule has 0 aliphatic heterocycles. The van der Waals surface area contributed by atoms with E-state index in [4.69, 9.17) is 9.84 Å². The second-order valence-electron chi connectivity index (χ2n) is 13.5. The zero-order valence-corrected chi connectivity index (χ0v) is 23.0. The Morgan fingerprint density at radius 2 is 1.80 bits per heavy atom. The summed E-state index contributed by atoms with van der Waals surface area (Å²) in [5, 5.41) is 8.84. The summed E-state index contributed by atoms with van der Waals surface area (Å²) >= 11 is 0. The molecule has 198 valence electrons. The van der Waals surface area contributed by atoms with Crippen LogP contribution in [0.1, 0.15) is 118 Å². The number of allylic oxidation sites excluding steroid dienone is 1. The molecule has 3 saturated carbocycles. The first-order valence-corrected chi connectivity index (χ1v) is 14.7. The summed E-state index contributed by atoms with van der Waals surface area (Å²) in [6.07, 6.45) is 16.0. The van der Waals surface area contributed by atoms with E-state index in [0.717, 1.165) is 54.8 Å². The molecule has 1 unspecified atom stereocenters. The lowest BCUT2D eigenvalue weighted by atomic mass is 9.47. The molecule has 0 bridgehead atoms. The van der Waals surface area contributed by atoms with Crippen LogP contribution >= 0.6 is 0 Å². The van der Waals surface area contributed by atoms with Crippen LogP contribution in [-0.4, -0.2) is 23.1 Å². The summed E-state index contributed by atoms with van der Waals surface area (Å²) in [6.45, 7) is 12.4. The molecule has 4 nitrogen and oxygen atoms in total. The molecule has 0 amide bonds. The molecule has 4 aliphatic rings. The number of hydrogen-bond donors (Lipinski definition) is 1. The molecule has 3 fully saturated rings. The van der Waals surface area contributed by atoms with Gasteiger partial charge in [0, 0.05) is 6.42 Å². The van der Waals surface area contributed by atoms with Crippen molar-refractivity contribution in [2.24, 2.45) is 46.3 Å². The molecule has 4 aliphatic carbocycles. The van der Waals surface area contributed by atoms with Crippen LogP contribution in [0.2, 0.25) is 0 Å². The third-order valence-electron chi connectivity index (χ3n) is 11.1. The van der Waals surface area contributed by atoms with Gasteiger partial charge in [0.25, 0.3) is 0 Å². The number of carbonyl (C=O) groups excluding carboxylic acids is 1. The largest absolute Gasteiger partial charge is 0.481 e. The Morgan fingerprint density at radius 3 is 2.51 bits per heavy atom. The van der Waals surface area contributed by atoms with Crippen LogP contribution in [0, 0.1) is 46.3 Å². The predicted molar refractivity (Wildman–Crippen MR) is 140 cm³/mol. The van der Waals surface area contributed by atoms with E-state index in [1.807, 2.05) is 0 Å². The van der Waals surface area contributed by atoms with E-state index in [1.54, 1.807) is 0 Å². The lowest BCUT2D eigenvalue weighted by Crippen LogP contribution is -2.51. The van der Waals surface area contributed by atoms with Crippen molar-refractivity contribution >= 4 is 11.9 Å². The van der Waals surface area contributed by atoms with Crippen molar-refractivity contribution in [2.45, 2.75) is 124 Å². The first kappa shape index (κ1) is 26.7. The summed E-state index contributed by atoms with van der Waals surface area (Å²) in [6, 6.07) is 0. The van der Waals surface area contributed by atoms with Gasteiger partial charge in [0.05, 0.1) is 12.8 Å². The summed E-state index contributed by atoms with van der Waals surface area (Å²) in [7, 11) is 0. The summed E-state index contributed by atoms with van der Waals surface area (Å²) in [5.41, 5.74) is 2.27. The standard InChI is InChI=1S/C31H50O4/c1-20(2)7-6-8-21(3)25-11-12-26-24-10-9-22-19-23(35-29(34)14-13-28(32)33)15-17-30(22,4)27(24)16-18-31(25,26)5/h9,20-21,23-27H,6-8,10-19H2,1-5H3,(H,32,33)/t21-,23?,24+,25-,26+,27+,30+,31-/m1/s1. The summed E-state index contributed by atoms with van der Waals surface area (Å²) in [5.74, 6) is 3.68. The molecule has 4 rings (SSSR count). The number of carbonyl (C=O) groups is 2. The average Bonchev–Trinajstić information content (AvgIpc) is 3.15. The summed E-state index contributed by atoms with van der Waals surface area (Å²) in [4.78, 5) is 22.9. The van der Waals surface area contributed by atoms with Crippen LogP contribution in [0.25, 0.3) is 0 Å². The van der Waals surface area contributed by atoms with Gasteiger partial charge in [-0.15, -0.1) is 0 Å². The topological polar surface area (TPSA) is 63.6 Å². The molecule has 0 spiro atoms. The Hall–Kier alpha value is -1.32. The van der Waals surface area contributed by atoms with Gasteiger partial charge in [-0.3, -0.25) is 9.59 Å². The van der Waals surface area contributed by atoms with Gasteiger partial charge < -0.3 is 9.84 Å². The molecular formula is C31H50O4. The minimum atomic E-state index is -0.942. The van der Waals surface area contributed by atoms with Gasteiger partial charge >= 0.3 is 11.9 Å². The number of esters is 1. The predicted octanol–water partition coefficient (Wildman–Crippen LogP) is 7.80. The fourth-order valence-corrected chi connectivity index (χ4v) is 9.21. The van der Waals surface area contributed by atoms with E-state index in [-0.39, 0.29) is 30.3 Å². The van der Waals surface area contributed by atoms with E-state index in [2.05, 4.69) is 40.7 Å². The first-order valence-electron chi connectivity index (χ1n) is 14.7. The Morgan fingerprint density at radius 1 is 1.03 bits per heavy atom. The number of rotatable bonds is 9. The zero-order chi connectivity index (χ0) is 25.4. The van der Waals surface area contributed by atoms with Crippen molar-refractivity contribution in [1.29, 1.82) is 0 Å². The van der Waals surface area contributed by atoms with Crippen molar-refractivity contribution in [3.05, 3.63) is 11.6 Å². The van der Waals surface area contributed by atoms with Gasteiger partial charge in [-0.25, -0.2) is 0 Å². The van der Waals surface area contributed by atoms with Gasteiger partial charge in [0.15, 0.2) is 0 Å². The fourth-order valence-electron chi connectivity index (χ4n) is 9.21. The van der Waals surface area contributed by atoms with Crippen molar-refractivity contribution in [2.75, 3.05) is 0 Å². The average molecular weight is 487 g/mol. The Balaban J connectivity index is 1.40. The van der Waals surface area contributed by atoms with Gasteiger partial charge in [0.2, 0.25) is 0 Å². The van der Waals surface area contributed by atoms with E-state index >= 15 is 0 Å². The highest BCUT2D eigenvalue weighted by molar-refractivity contribution is 5.76. The zero-order valence-electron chi connectivity index (χ0n) is 23.0. The molecule has 0 aromatic rings. The number of fused-ring (bicyclic) bond motifs is 5. The number of hydrogen-bond acceptors (Lipinski definition) is 3. The van der Waals surface area contributed by atoms with Gasteiger partial charge in [-0.05, 0) is 91.3 Å². The maximum absolute atomic E-state index is 12.1. The SMILES string of the molecule is CC(C)CCC[C@@H](C)[C@H]1CC[C@H]2[C@@H]3CC=C4CC(OC(=O)CCC(=O)O)CC[C@]4(C)[C@H]3CC[C@]12C. The van der Waals surface area contributed by atoms with Crippen LogP contribution in [0.15, 0.2) is 11.6 Å². The second kappa shape index (κ2) is 10.6. The molecule has 0 heterocycles. The Bertz CT molecular complexity index is 815. The molecule has 8 atom stereocenters. The quantitative estimate of drug-likeness (QED) is 0.267. The highest BCUT2D eigenvalue weighted by Crippen LogP contribution is 2.67. The fraction of sp³-hybridized carbons (Fsp3) is 0.871. The third-order valence-corrected chi connectivity index (χ3v) is 11.1. The number of carboxylic acid groups (broad SMARTS) is 1. The van der Waals surface area contributed by atoms with Crippen LogP contribution in [0.5, 0.6) is 0 Å². The molecule has 1 N–H and O–H groups in total. The highest BCUT2D eigenvalue weighted by atomic mass is 16.5. The van der Waals surface area contributed by atoms with Crippen molar-refractivity contribution in [3.8, 4) is 0 Å². The molecular weight excluding hydrogens is 436 g/mol. The molecule has 4 heteroatoms. The van der Waals surface area contributed by atoms with Crippen LogP contribution in [-0.2, 0) is 14.3 Å². The third kappa shape index (κ3) is 5.37. The Labute approximate surface area is 213 Å². The Kier molecular flexibility index (Phi) is 8.08. The van der Waals surface area contributed by atoms with Gasteiger partial charge in [-0.1, -0.05) is 65.5 Å². The van der Waals surface area contributed by atoms with Gasteiger partial charge in [-0.2, -0.15) is 0 Å². The van der Waals surface area contributed by atoms with Crippen molar-refractivity contribution in [3.63, 3.8) is 0 Å². The van der Waals surface area contributed by atoms with E-state index in [9.17, 15) is 9.59 Å². The lowest BCUT2D eigenvalue weighted by Gasteiger charge is -2.58. The smallest absolute Gasteiger partial charge is 0.306 e. The minimum Gasteiger partial charge on any atom is -0.481 e. The molecule has 0 radical (unpaired) electrons. The van der Waals surface area contributed by atoms with Crippen molar-refractivity contribution in [1.82, 2.24) is 0 Å². The molecule has 0 aromatic carbocycles. The lowest BCUT2D eigenvalue weighted by molar-refractivity contribution is -0.154. The molecule has 0 aromatic heterocycles. The molecule has 35 heavy (non-hydrogen) atoms. The van der Waals surface area contributed by atoms with Crippen LogP contribution in [0.4, 0.5) is 0 Å². The number of aliphatic carboxylic acids is 1. The highest BCUT2D eigenvalue weighted by Gasteiger charge is 2.59. The number of carboxylic acids is 1. The first-order chi connectivity index (χ1) is 16.5.